The van der Waals surface area contributed by atoms with Crippen molar-refractivity contribution in [2.24, 2.45) is 5.73 Å². The molecule has 0 heterocycles. The number of halogens is 2. The third-order valence-electron chi connectivity index (χ3n) is 2.70. The third kappa shape index (κ3) is 4.83. The van der Waals surface area contributed by atoms with E-state index in [0.29, 0.717) is 6.42 Å². The van der Waals surface area contributed by atoms with Gasteiger partial charge in [0.2, 0.25) is 10.0 Å². The SMILES string of the molecule is CCCCC(CN)NS(=O)(=O)c1ccc(F)cc1Br. The first-order chi connectivity index (χ1) is 8.90. The van der Waals surface area contributed by atoms with Crippen molar-refractivity contribution in [2.75, 3.05) is 6.54 Å². The molecule has 0 aromatic heterocycles. The highest BCUT2D eigenvalue weighted by atomic mass is 79.9. The Morgan fingerprint density at radius 1 is 1.47 bits per heavy atom. The number of nitrogens with one attached hydrogen (secondary N) is 1. The van der Waals surface area contributed by atoms with E-state index in [1.807, 2.05) is 6.92 Å². The van der Waals surface area contributed by atoms with Crippen LogP contribution in [-0.4, -0.2) is 21.0 Å². The minimum atomic E-state index is -3.69. The molecule has 0 aliphatic heterocycles. The van der Waals surface area contributed by atoms with Crippen LogP contribution in [-0.2, 0) is 10.0 Å². The van der Waals surface area contributed by atoms with Gasteiger partial charge in [-0.15, -0.1) is 0 Å². The van der Waals surface area contributed by atoms with Gasteiger partial charge in [0, 0.05) is 17.1 Å². The molecule has 0 fully saturated rings. The van der Waals surface area contributed by atoms with E-state index in [0.717, 1.165) is 25.0 Å². The summed E-state index contributed by atoms with van der Waals surface area (Å²) >= 11 is 3.06. The average Bonchev–Trinajstić information content (AvgIpc) is 2.33. The van der Waals surface area contributed by atoms with Crippen LogP contribution in [0.15, 0.2) is 27.6 Å². The highest BCUT2D eigenvalue weighted by molar-refractivity contribution is 9.10. The summed E-state index contributed by atoms with van der Waals surface area (Å²) in [7, 11) is -3.69. The van der Waals surface area contributed by atoms with Crippen molar-refractivity contribution in [1.82, 2.24) is 4.72 Å². The molecule has 3 N–H and O–H groups in total. The molecule has 1 aromatic carbocycles. The van der Waals surface area contributed by atoms with Gasteiger partial charge in [0.05, 0.1) is 4.90 Å². The Morgan fingerprint density at radius 2 is 2.16 bits per heavy atom. The predicted octanol–water partition coefficient (Wildman–Crippen LogP) is 2.38. The number of benzene rings is 1. The van der Waals surface area contributed by atoms with Crippen molar-refractivity contribution < 1.29 is 12.8 Å². The van der Waals surface area contributed by atoms with Crippen molar-refractivity contribution in [2.45, 2.75) is 37.1 Å². The summed E-state index contributed by atoms with van der Waals surface area (Å²) < 4.78 is 40.1. The molecule has 4 nitrogen and oxygen atoms in total. The van der Waals surface area contributed by atoms with E-state index in [2.05, 4.69) is 20.7 Å². The molecule has 0 radical (unpaired) electrons. The van der Waals surface area contributed by atoms with E-state index in [-0.39, 0.29) is 22.0 Å². The number of nitrogens with two attached hydrogens (primary N) is 1. The van der Waals surface area contributed by atoms with Crippen LogP contribution in [0, 0.1) is 5.82 Å². The molecule has 0 saturated carbocycles. The average molecular weight is 353 g/mol. The summed E-state index contributed by atoms with van der Waals surface area (Å²) in [6, 6.07) is 3.16. The van der Waals surface area contributed by atoms with Gasteiger partial charge in [-0.3, -0.25) is 0 Å². The monoisotopic (exact) mass is 352 g/mol. The zero-order chi connectivity index (χ0) is 14.5. The maximum atomic E-state index is 13.0. The zero-order valence-electron chi connectivity index (χ0n) is 10.7. The highest BCUT2D eigenvalue weighted by Crippen LogP contribution is 2.23. The number of unbranched alkanes of at least 4 members (excludes halogenated alkanes) is 1. The maximum Gasteiger partial charge on any atom is 0.241 e. The summed E-state index contributed by atoms with van der Waals surface area (Å²) in [4.78, 5) is 0.0175. The summed E-state index contributed by atoms with van der Waals surface area (Å²) in [5.41, 5.74) is 5.56. The zero-order valence-corrected chi connectivity index (χ0v) is 13.1. The van der Waals surface area contributed by atoms with E-state index >= 15 is 0 Å². The van der Waals surface area contributed by atoms with Crippen molar-refractivity contribution in [1.29, 1.82) is 0 Å². The van der Waals surface area contributed by atoms with E-state index < -0.39 is 15.8 Å². The van der Waals surface area contributed by atoms with Crippen LogP contribution in [0.1, 0.15) is 26.2 Å². The van der Waals surface area contributed by atoms with Crippen LogP contribution in [0.5, 0.6) is 0 Å². The van der Waals surface area contributed by atoms with Crippen molar-refractivity contribution >= 4 is 26.0 Å². The number of hydrogen-bond acceptors (Lipinski definition) is 3. The van der Waals surface area contributed by atoms with Gasteiger partial charge in [0.25, 0.3) is 0 Å². The first-order valence-electron chi connectivity index (χ1n) is 6.08. The van der Waals surface area contributed by atoms with Gasteiger partial charge in [-0.1, -0.05) is 19.8 Å². The number of sulfonamides is 1. The van der Waals surface area contributed by atoms with Crippen LogP contribution in [0.25, 0.3) is 0 Å². The lowest BCUT2D eigenvalue weighted by Gasteiger charge is -2.17. The maximum absolute atomic E-state index is 13.0. The lowest BCUT2D eigenvalue weighted by Crippen LogP contribution is -2.40. The molecular formula is C12H18BrFN2O2S. The second kappa shape index (κ2) is 7.33. The molecule has 0 bridgehead atoms. The Labute approximate surface area is 121 Å². The van der Waals surface area contributed by atoms with Gasteiger partial charge in [0.1, 0.15) is 5.82 Å². The van der Waals surface area contributed by atoms with Gasteiger partial charge in [0.15, 0.2) is 0 Å². The summed E-state index contributed by atoms with van der Waals surface area (Å²) in [6.45, 7) is 2.26. The fraction of sp³-hybridized carbons (Fsp3) is 0.500. The summed E-state index contributed by atoms with van der Waals surface area (Å²) in [6.07, 6.45) is 2.55. The number of rotatable bonds is 7. The van der Waals surface area contributed by atoms with E-state index in [9.17, 15) is 12.8 Å². The van der Waals surface area contributed by atoms with E-state index in [4.69, 9.17) is 5.73 Å². The van der Waals surface area contributed by atoms with Crippen molar-refractivity contribution in [3.05, 3.63) is 28.5 Å². The normalized spacial score (nSPS) is 13.5. The Hall–Kier alpha value is -0.500. The molecule has 7 heteroatoms. The van der Waals surface area contributed by atoms with Crippen LogP contribution < -0.4 is 10.5 Å². The van der Waals surface area contributed by atoms with Crippen LogP contribution >= 0.6 is 15.9 Å². The highest BCUT2D eigenvalue weighted by Gasteiger charge is 2.21. The molecule has 1 rings (SSSR count). The quantitative estimate of drug-likeness (QED) is 0.791. The molecule has 0 aliphatic rings. The van der Waals surface area contributed by atoms with Crippen LogP contribution in [0.4, 0.5) is 4.39 Å². The minimum Gasteiger partial charge on any atom is -0.329 e. The number of hydrogen-bond donors (Lipinski definition) is 2. The minimum absolute atomic E-state index is 0.0175. The second-order valence-corrected chi connectivity index (χ2v) is 6.81. The van der Waals surface area contributed by atoms with Gasteiger partial charge in [-0.05, 0) is 40.5 Å². The van der Waals surface area contributed by atoms with Crippen molar-refractivity contribution in [3.63, 3.8) is 0 Å². The summed E-state index contributed by atoms with van der Waals surface area (Å²) in [5, 5.41) is 0. The van der Waals surface area contributed by atoms with Gasteiger partial charge in [-0.25, -0.2) is 17.5 Å². The molecule has 108 valence electrons. The van der Waals surface area contributed by atoms with Crippen LogP contribution in [0.2, 0.25) is 0 Å². The molecule has 1 aromatic rings. The Balaban J connectivity index is 2.90. The Kier molecular flexibility index (Phi) is 6.38. The lowest BCUT2D eigenvalue weighted by atomic mass is 10.1. The molecule has 1 atom stereocenters. The molecule has 0 aliphatic carbocycles. The first kappa shape index (κ1) is 16.6. The fourth-order valence-corrected chi connectivity index (χ4v) is 3.98. The molecule has 1 unspecified atom stereocenters. The molecule has 0 amide bonds. The topological polar surface area (TPSA) is 72.2 Å². The second-order valence-electron chi connectivity index (χ2n) is 4.27. The standard InChI is InChI=1S/C12H18BrFN2O2S/c1-2-3-4-10(8-15)16-19(17,18)12-6-5-9(14)7-11(12)13/h5-7,10,16H,2-4,8,15H2,1H3. The largest absolute Gasteiger partial charge is 0.329 e. The fourth-order valence-electron chi connectivity index (χ4n) is 1.65. The van der Waals surface area contributed by atoms with Gasteiger partial charge < -0.3 is 5.73 Å². The molecule has 19 heavy (non-hydrogen) atoms. The van der Waals surface area contributed by atoms with Gasteiger partial charge >= 0.3 is 0 Å². The third-order valence-corrected chi connectivity index (χ3v) is 5.19. The van der Waals surface area contributed by atoms with Gasteiger partial charge in [-0.2, -0.15) is 0 Å². The molecular weight excluding hydrogens is 335 g/mol. The van der Waals surface area contributed by atoms with E-state index in [1.54, 1.807) is 0 Å². The van der Waals surface area contributed by atoms with Crippen molar-refractivity contribution in [3.8, 4) is 0 Å². The van der Waals surface area contributed by atoms with Crippen LogP contribution in [0.3, 0.4) is 0 Å². The molecule has 0 spiro atoms. The lowest BCUT2D eigenvalue weighted by molar-refractivity contribution is 0.516. The predicted molar refractivity (Wildman–Crippen MR) is 76.8 cm³/mol. The summed E-state index contributed by atoms with van der Waals surface area (Å²) in [5.74, 6) is -0.493. The molecule has 0 saturated heterocycles. The Morgan fingerprint density at radius 3 is 2.68 bits per heavy atom. The smallest absolute Gasteiger partial charge is 0.241 e. The van der Waals surface area contributed by atoms with E-state index in [1.165, 1.54) is 6.07 Å². The Bertz CT molecular complexity index is 522. The first-order valence-corrected chi connectivity index (χ1v) is 8.35.